The maximum atomic E-state index is 12.7. The molecule has 0 spiro atoms. The molecular weight excluding hydrogens is 360 g/mol. The SMILES string of the molecule is CC1(C)CC2=NN(C(=O)c3cc4ncc(Br)cn4n3)CCC2N1. The lowest BCUT2D eigenvalue weighted by Crippen LogP contribution is -2.43. The van der Waals surface area contributed by atoms with E-state index in [1.165, 1.54) is 5.01 Å². The van der Waals surface area contributed by atoms with Crippen molar-refractivity contribution < 1.29 is 4.79 Å². The van der Waals surface area contributed by atoms with E-state index in [-0.39, 0.29) is 17.5 Å². The van der Waals surface area contributed by atoms with Crippen LogP contribution < -0.4 is 5.32 Å². The van der Waals surface area contributed by atoms with Gasteiger partial charge in [-0.3, -0.25) is 4.79 Å². The number of carbonyl (C=O) groups is 1. The van der Waals surface area contributed by atoms with Crippen molar-refractivity contribution >= 4 is 33.2 Å². The number of hydrogen-bond donors (Lipinski definition) is 1. The number of carbonyl (C=O) groups excluding carboxylic acids is 1. The molecule has 1 unspecified atom stereocenters. The molecule has 1 amide bonds. The summed E-state index contributed by atoms with van der Waals surface area (Å²) in [6.45, 7) is 4.92. The summed E-state index contributed by atoms with van der Waals surface area (Å²) in [5, 5.41) is 14.0. The number of aromatic nitrogens is 3. The maximum absolute atomic E-state index is 12.7. The summed E-state index contributed by atoms with van der Waals surface area (Å²) in [6.07, 6.45) is 5.20. The fourth-order valence-electron chi connectivity index (χ4n) is 3.22. The zero-order valence-corrected chi connectivity index (χ0v) is 14.5. The van der Waals surface area contributed by atoms with Gasteiger partial charge in [0.2, 0.25) is 0 Å². The van der Waals surface area contributed by atoms with E-state index in [2.05, 4.69) is 50.3 Å². The first-order chi connectivity index (χ1) is 10.9. The summed E-state index contributed by atoms with van der Waals surface area (Å²) < 4.78 is 2.41. The Kier molecular flexibility index (Phi) is 3.28. The molecule has 2 aromatic heterocycles. The molecule has 23 heavy (non-hydrogen) atoms. The molecule has 1 fully saturated rings. The molecular formula is C15H17BrN6O. The number of hydrogen-bond acceptors (Lipinski definition) is 5. The number of nitrogens with one attached hydrogen (secondary N) is 1. The van der Waals surface area contributed by atoms with Crippen LogP contribution in [0.15, 0.2) is 28.0 Å². The minimum absolute atomic E-state index is 0.0435. The van der Waals surface area contributed by atoms with Crippen molar-refractivity contribution in [2.24, 2.45) is 5.10 Å². The number of rotatable bonds is 1. The van der Waals surface area contributed by atoms with Gasteiger partial charge in [0.1, 0.15) is 0 Å². The predicted octanol–water partition coefficient (Wildman–Crippen LogP) is 1.83. The molecule has 2 aliphatic rings. The van der Waals surface area contributed by atoms with Crippen molar-refractivity contribution in [1.82, 2.24) is 24.9 Å². The van der Waals surface area contributed by atoms with Crippen molar-refractivity contribution in [1.29, 1.82) is 0 Å². The van der Waals surface area contributed by atoms with Gasteiger partial charge in [0, 0.05) is 43.0 Å². The Labute approximate surface area is 141 Å². The second kappa shape index (κ2) is 5.10. The summed E-state index contributed by atoms with van der Waals surface area (Å²) in [7, 11) is 0. The van der Waals surface area contributed by atoms with Crippen LogP contribution in [0.2, 0.25) is 0 Å². The third-order valence-electron chi connectivity index (χ3n) is 4.20. The molecule has 1 N–H and O–H groups in total. The van der Waals surface area contributed by atoms with E-state index in [9.17, 15) is 4.79 Å². The first kappa shape index (κ1) is 14.8. The zero-order valence-electron chi connectivity index (χ0n) is 13.0. The predicted molar refractivity (Wildman–Crippen MR) is 89.4 cm³/mol. The van der Waals surface area contributed by atoms with E-state index in [4.69, 9.17) is 0 Å². The summed E-state index contributed by atoms with van der Waals surface area (Å²) in [6, 6.07) is 1.98. The molecule has 120 valence electrons. The maximum Gasteiger partial charge on any atom is 0.294 e. The Morgan fingerprint density at radius 3 is 3.13 bits per heavy atom. The first-order valence-corrected chi connectivity index (χ1v) is 8.38. The lowest BCUT2D eigenvalue weighted by molar-refractivity contribution is 0.0741. The van der Waals surface area contributed by atoms with Gasteiger partial charge >= 0.3 is 0 Å². The van der Waals surface area contributed by atoms with Crippen LogP contribution in [0.5, 0.6) is 0 Å². The van der Waals surface area contributed by atoms with Crippen molar-refractivity contribution in [2.75, 3.05) is 6.54 Å². The van der Waals surface area contributed by atoms with Crippen LogP contribution in [0.25, 0.3) is 5.65 Å². The molecule has 1 saturated heterocycles. The van der Waals surface area contributed by atoms with Crippen LogP contribution in [0, 0.1) is 0 Å². The molecule has 8 heteroatoms. The van der Waals surface area contributed by atoms with Gasteiger partial charge in [0.05, 0.1) is 10.2 Å². The Morgan fingerprint density at radius 1 is 1.48 bits per heavy atom. The van der Waals surface area contributed by atoms with Crippen molar-refractivity contribution in [2.45, 2.75) is 38.3 Å². The van der Waals surface area contributed by atoms with E-state index in [0.29, 0.717) is 17.9 Å². The zero-order chi connectivity index (χ0) is 16.2. The normalized spacial score (nSPS) is 23.0. The Hall–Kier alpha value is -1.80. The molecule has 2 aromatic rings. The first-order valence-electron chi connectivity index (χ1n) is 7.59. The number of hydrazone groups is 1. The van der Waals surface area contributed by atoms with Crippen LogP contribution in [-0.2, 0) is 0 Å². The molecule has 1 atom stereocenters. The average molecular weight is 377 g/mol. The summed E-state index contributed by atoms with van der Waals surface area (Å²) in [5.41, 5.74) is 2.10. The highest BCUT2D eigenvalue weighted by atomic mass is 79.9. The Bertz CT molecular complexity index is 826. The second-order valence-corrected chi connectivity index (χ2v) is 7.59. The quantitative estimate of drug-likeness (QED) is 0.823. The second-order valence-electron chi connectivity index (χ2n) is 6.67. The van der Waals surface area contributed by atoms with Gasteiger partial charge in [0.15, 0.2) is 11.3 Å². The molecule has 0 radical (unpaired) electrons. The summed E-state index contributed by atoms with van der Waals surface area (Å²) >= 11 is 3.35. The summed E-state index contributed by atoms with van der Waals surface area (Å²) in [5.74, 6) is -0.178. The highest BCUT2D eigenvalue weighted by Gasteiger charge is 2.39. The van der Waals surface area contributed by atoms with E-state index in [0.717, 1.165) is 23.0 Å². The van der Waals surface area contributed by atoms with E-state index >= 15 is 0 Å². The van der Waals surface area contributed by atoms with E-state index in [1.54, 1.807) is 23.0 Å². The molecule has 2 aliphatic heterocycles. The van der Waals surface area contributed by atoms with Crippen LogP contribution in [-0.4, -0.2) is 49.4 Å². The highest BCUT2D eigenvalue weighted by molar-refractivity contribution is 9.10. The van der Waals surface area contributed by atoms with Gasteiger partial charge in [-0.1, -0.05) is 0 Å². The van der Waals surface area contributed by atoms with Gasteiger partial charge in [-0.05, 0) is 36.2 Å². The van der Waals surface area contributed by atoms with Gasteiger partial charge < -0.3 is 5.32 Å². The van der Waals surface area contributed by atoms with Gasteiger partial charge in [-0.2, -0.15) is 10.2 Å². The van der Waals surface area contributed by atoms with E-state index < -0.39 is 0 Å². The smallest absolute Gasteiger partial charge is 0.294 e. The van der Waals surface area contributed by atoms with Crippen molar-refractivity contribution in [3.63, 3.8) is 0 Å². The minimum atomic E-state index is -0.178. The van der Waals surface area contributed by atoms with Crippen LogP contribution in [0.1, 0.15) is 37.2 Å². The average Bonchev–Trinajstić information content (AvgIpc) is 3.03. The number of nitrogens with zero attached hydrogens (tertiary/aromatic N) is 5. The van der Waals surface area contributed by atoms with E-state index in [1.807, 2.05) is 0 Å². The Balaban J connectivity index is 1.62. The topological polar surface area (TPSA) is 74.9 Å². The van der Waals surface area contributed by atoms with Gasteiger partial charge in [-0.25, -0.2) is 14.5 Å². The van der Waals surface area contributed by atoms with Crippen LogP contribution in [0.3, 0.4) is 0 Å². The van der Waals surface area contributed by atoms with Crippen LogP contribution in [0.4, 0.5) is 0 Å². The fraction of sp³-hybridized carbons (Fsp3) is 0.467. The lowest BCUT2D eigenvalue weighted by atomic mass is 10.0. The fourth-order valence-corrected chi connectivity index (χ4v) is 3.52. The third-order valence-corrected chi connectivity index (χ3v) is 4.61. The molecule has 0 aromatic carbocycles. The highest BCUT2D eigenvalue weighted by Crippen LogP contribution is 2.26. The van der Waals surface area contributed by atoms with Crippen molar-refractivity contribution in [3.05, 3.63) is 28.6 Å². The third kappa shape index (κ3) is 2.66. The van der Waals surface area contributed by atoms with Crippen LogP contribution >= 0.6 is 15.9 Å². The monoisotopic (exact) mass is 376 g/mol. The summed E-state index contributed by atoms with van der Waals surface area (Å²) in [4.78, 5) is 16.9. The molecule has 0 bridgehead atoms. The Morgan fingerprint density at radius 2 is 2.30 bits per heavy atom. The molecule has 0 saturated carbocycles. The van der Waals surface area contributed by atoms with Crippen molar-refractivity contribution in [3.8, 4) is 0 Å². The molecule has 7 nitrogen and oxygen atoms in total. The van der Waals surface area contributed by atoms with Gasteiger partial charge in [0.25, 0.3) is 5.91 Å². The van der Waals surface area contributed by atoms with Gasteiger partial charge in [-0.15, -0.1) is 0 Å². The standard InChI is InChI=1S/C15H17BrN6O/c1-15(2)6-12-10(18-15)3-4-21(20-12)14(23)11-5-13-17-7-9(16)8-22(13)19-11/h5,7-8,10,18H,3-4,6H2,1-2H3. The lowest BCUT2D eigenvalue weighted by Gasteiger charge is -2.25. The molecule has 4 heterocycles. The minimum Gasteiger partial charge on any atom is -0.303 e. The molecule has 0 aliphatic carbocycles. The molecule has 4 rings (SSSR count). The number of fused-ring (bicyclic) bond motifs is 2. The largest absolute Gasteiger partial charge is 0.303 e. The number of amides is 1. The number of halogens is 1.